The minimum Gasteiger partial charge on any atom is -0.456 e. The van der Waals surface area contributed by atoms with Gasteiger partial charge in [-0.05, 0) is 24.5 Å². The molecule has 1 aromatic rings. The SMILES string of the molecule is O=C(COC(=O)C1CC(O)CN1C(=O)Cc1ccccc1F)C1CCCCC1. The summed E-state index contributed by atoms with van der Waals surface area (Å²) in [6.07, 6.45) is 3.80. The van der Waals surface area contributed by atoms with Crippen molar-refractivity contribution in [2.75, 3.05) is 13.2 Å². The van der Waals surface area contributed by atoms with E-state index in [1.54, 1.807) is 6.07 Å². The minimum absolute atomic E-state index is 0.0103. The van der Waals surface area contributed by atoms with E-state index in [-0.39, 0.29) is 43.3 Å². The number of aliphatic hydroxyl groups is 1. The molecule has 2 unspecified atom stereocenters. The first-order chi connectivity index (χ1) is 13.5. The molecule has 1 aliphatic carbocycles. The van der Waals surface area contributed by atoms with Crippen LogP contribution in [-0.2, 0) is 25.5 Å². The van der Waals surface area contributed by atoms with E-state index >= 15 is 0 Å². The number of β-amino-alcohol motifs (C(OH)–C–C–N with tert-alkyl or cyclic N) is 1. The van der Waals surface area contributed by atoms with Gasteiger partial charge in [0.1, 0.15) is 18.5 Å². The predicted molar refractivity (Wildman–Crippen MR) is 98.8 cm³/mol. The highest BCUT2D eigenvalue weighted by molar-refractivity contribution is 5.89. The summed E-state index contributed by atoms with van der Waals surface area (Å²) in [7, 11) is 0. The van der Waals surface area contributed by atoms with Gasteiger partial charge in [0.05, 0.1) is 12.5 Å². The molecule has 1 saturated heterocycles. The molecule has 3 rings (SSSR count). The molecule has 0 radical (unpaired) electrons. The number of halogens is 1. The fourth-order valence-corrected chi connectivity index (χ4v) is 4.00. The standard InChI is InChI=1S/C21H26FNO5/c22-17-9-5-4-8-15(17)10-20(26)23-12-16(24)11-18(23)21(27)28-13-19(25)14-6-2-1-3-7-14/h4-5,8-9,14,16,18,24H,1-3,6-7,10-13H2. The van der Waals surface area contributed by atoms with Crippen LogP contribution in [0.5, 0.6) is 0 Å². The second kappa shape index (κ2) is 9.28. The van der Waals surface area contributed by atoms with Crippen LogP contribution in [-0.4, -0.2) is 53.0 Å². The number of carbonyl (C=O) groups is 3. The van der Waals surface area contributed by atoms with Crippen LogP contribution in [0.1, 0.15) is 44.1 Å². The Bertz CT molecular complexity index is 731. The average Bonchev–Trinajstić information content (AvgIpc) is 3.10. The highest BCUT2D eigenvalue weighted by Gasteiger charge is 2.40. The van der Waals surface area contributed by atoms with Gasteiger partial charge in [-0.3, -0.25) is 9.59 Å². The average molecular weight is 391 g/mol. The number of hydrogen-bond acceptors (Lipinski definition) is 5. The molecule has 2 atom stereocenters. The van der Waals surface area contributed by atoms with Crippen molar-refractivity contribution >= 4 is 17.7 Å². The molecular formula is C21H26FNO5. The van der Waals surface area contributed by atoms with E-state index < -0.39 is 29.8 Å². The lowest BCUT2D eigenvalue weighted by Gasteiger charge is -2.24. The molecule has 0 aromatic heterocycles. The van der Waals surface area contributed by atoms with Crippen LogP contribution in [0, 0.1) is 11.7 Å². The summed E-state index contributed by atoms with van der Waals surface area (Å²) in [5, 5.41) is 9.93. The number of benzene rings is 1. The molecule has 1 aliphatic heterocycles. The predicted octanol–water partition coefficient (Wildman–Crippen LogP) is 2.02. The molecule has 6 nitrogen and oxygen atoms in total. The Hall–Kier alpha value is -2.28. The van der Waals surface area contributed by atoms with E-state index in [0.29, 0.717) is 0 Å². The highest BCUT2D eigenvalue weighted by atomic mass is 19.1. The number of rotatable bonds is 6. The third-order valence-electron chi connectivity index (χ3n) is 5.59. The molecule has 0 bridgehead atoms. The Labute approximate surface area is 163 Å². The Morgan fingerprint density at radius 1 is 1.14 bits per heavy atom. The number of ketones is 1. The Kier molecular flexibility index (Phi) is 6.78. The van der Waals surface area contributed by atoms with Crippen LogP contribution >= 0.6 is 0 Å². The van der Waals surface area contributed by atoms with Crippen LogP contribution in [0.2, 0.25) is 0 Å². The molecule has 2 fully saturated rings. The molecule has 7 heteroatoms. The molecular weight excluding hydrogens is 365 g/mol. The van der Waals surface area contributed by atoms with Crippen molar-refractivity contribution in [1.29, 1.82) is 0 Å². The first-order valence-electron chi connectivity index (χ1n) is 9.86. The van der Waals surface area contributed by atoms with Gasteiger partial charge in [-0.15, -0.1) is 0 Å². The smallest absolute Gasteiger partial charge is 0.329 e. The van der Waals surface area contributed by atoms with Crippen molar-refractivity contribution in [3.05, 3.63) is 35.6 Å². The van der Waals surface area contributed by atoms with Gasteiger partial charge in [0.25, 0.3) is 0 Å². The summed E-state index contributed by atoms with van der Waals surface area (Å²) in [5.41, 5.74) is 0.230. The number of aliphatic hydroxyl groups excluding tert-OH is 1. The Morgan fingerprint density at radius 3 is 2.57 bits per heavy atom. The summed E-state index contributed by atoms with van der Waals surface area (Å²) in [6, 6.07) is 4.99. The Balaban J connectivity index is 1.57. The van der Waals surface area contributed by atoms with Gasteiger partial charge in [-0.1, -0.05) is 37.5 Å². The number of hydrogen-bond donors (Lipinski definition) is 1. The van der Waals surface area contributed by atoms with Gasteiger partial charge >= 0.3 is 5.97 Å². The first-order valence-corrected chi connectivity index (χ1v) is 9.86. The first kappa shape index (κ1) is 20.5. The van der Waals surface area contributed by atoms with Gasteiger partial charge in [-0.2, -0.15) is 0 Å². The molecule has 152 valence electrons. The van der Waals surface area contributed by atoms with Crippen LogP contribution in [0.3, 0.4) is 0 Å². The van der Waals surface area contributed by atoms with Crippen LogP contribution in [0.15, 0.2) is 24.3 Å². The number of nitrogens with zero attached hydrogens (tertiary/aromatic N) is 1. The maximum atomic E-state index is 13.8. The van der Waals surface area contributed by atoms with Gasteiger partial charge in [0.15, 0.2) is 5.78 Å². The lowest BCUT2D eigenvalue weighted by molar-refractivity contribution is -0.156. The zero-order valence-corrected chi connectivity index (χ0v) is 15.8. The number of amides is 1. The maximum Gasteiger partial charge on any atom is 0.329 e. The number of likely N-dealkylation sites (tertiary alicyclic amines) is 1. The normalized spacial score (nSPS) is 22.9. The summed E-state index contributed by atoms with van der Waals surface area (Å²) in [6.45, 7) is -0.310. The summed E-state index contributed by atoms with van der Waals surface area (Å²) in [4.78, 5) is 38.5. The zero-order chi connectivity index (χ0) is 20.1. The summed E-state index contributed by atoms with van der Waals surface area (Å²) < 4.78 is 19.0. The van der Waals surface area contributed by atoms with Crippen LogP contribution in [0.4, 0.5) is 4.39 Å². The van der Waals surface area contributed by atoms with E-state index in [2.05, 4.69) is 0 Å². The monoisotopic (exact) mass is 391 g/mol. The lowest BCUT2D eigenvalue weighted by atomic mass is 9.86. The van der Waals surface area contributed by atoms with Crippen LogP contribution in [0.25, 0.3) is 0 Å². The van der Waals surface area contributed by atoms with Crippen molar-refractivity contribution in [2.24, 2.45) is 5.92 Å². The summed E-state index contributed by atoms with van der Waals surface area (Å²) in [5.74, 6) is -1.79. The summed E-state index contributed by atoms with van der Waals surface area (Å²) >= 11 is 0. The number of ether oxygens (including phenoxy) is 1. The van der Waals surface area contributed by atoms with Crippen molar-refractivity contribution in [2.45, 2.75) is 57.1 Å². The minimum atomic E-state index is -0.951. The van der Waals surface area contributed by atoms with E-state index in [4.69, 9.17) is 4.74 Å². The second-order valence-corrected chi connectivity index (χ2v) is 7.63. The number of Topliss-reactive ketones (excluding diaryl/α,β-unsaturated/α-hetero) is 1. The van der Waals surface area contributed by atoms with E-state index in [1.165, 1.54) is 23.1 Å². The van der Waals surface area contributed by atoms with E-state index in [1.807, 2.05) is 0 Å². The van der Waals surface area contributed by atoms with Crippen molar-refractivity contribution < 1.29 is 28.6 Å². The largest absolute Gasteiger partial charge is 0.456 e. The maximum absolute atomic E-state index is 13.8. The van der Waals surface area contributed by atoms with Gasteiger partial charge in [0.2, 0.25) is 5.91 Å². The van der Waals surface area contributed by atoms with Gasteiger partial charge in [-0.25, -0.2) is 9.18 Å². The van der Waals surface area contributed by atoms with Gasteiger partial charge < -0.3 is 14.7 Å². The number of carbonyl (C=O) groups excluding carboxylic acids is 3. The number of esters is 1. The molecule has 1 amide bonds. The van der Waals surface area contributed by atoms with E-state index in [9.17, 15) is 23.9 Å². The van der Waals surface area contributed by atoms with Crippen molar-refractivity contribution in [3.8, 4) is 0 Å². The quantitative estimate of drug-likeness (QED) is 0.750. The third-order valence-corrected chi connectivity index (χ3v) is 5.59. The second-order valence-electron chi connectivity index (χ2n) is 7.63. The third kappa shape index (κ3) is 4.95. The lowest BCUT2D eigenvalue weighted by Crippen LogP contribution is -2.43. The fourth-order valence-electron chi connectivity index (χ4n) is 4.00. The van der Waals surface area contributed by atoms with Crippen molar-refractivity contribution in [3.63, 3.8) is 0 Å². The molecule has 1 saturated carbocycles. The fraction of sp³-hybridized carbons (Fsp3) is 0.571. The molecule has 2 aliphatic rings. The molecule has 1 N–H and O–H groups in total. The zero-order valence-electron chi connectivity index (χ0n) is 15.8. The molecule has 1 heterocycles. The highest BCUT2D eigenvalue weighted by Crippen LogP contribution is 2.25. The van der Waals surface area contributed by atoms with Crippen LogP contribution < -0.4 is 0 Å². The van der Waals surface area contributed by atoms with Gasteiger partial charge in [0, 0.05) is 18.9 Å². The molecule has 28 heavy (non-hydrogen) atoms. The Morgan fingerprint density at radius 2 is 1.86 bits per heavy atom. The van der Waals surface area contributed by atoms with E-state index in [0.717, 1.165) is 32.1 Å². The van der Waals surface area contributed by atoms with Crippen molar-refractivity contribution in [1.82, 2.24) is 4.90 Å². The topological polar surface area (TPSA) is 83.9 Å². The molecule has 1 aromatic carbocycles. The molecule has 0 spiro atoms.